The molecule has 1 fully saturated rings. The number of thioether (sulfide) groups is 1. The van der Waals surface area contributed by atoms with E-state index in [9.17, 15) is 4.79 Å². The molecule has 1 amide bonds. The number of nitrogens with zero attached hydrogens (tertiary/aromatic N) is 2. The fraction of sp³-hybridized carbons (Fsp3) is 0.529. The van der Waals surface area contributed by atoms with Crippen molar-refractivity contribution in [2.45, 2.75) is 24.3 Å². The van der Waals surface area contributed by atoms with Crippen molar-refractivity contribution in [2.75, 3.05) is 33.4 Å². The molecule has 0 heterocycles. The second kappa shape index (κ2) is 8.82. The van der Waals surface area contributed by atoms with Crippen molar-refractivity contribution in [3.8, 4) is 0 Å². The van der Waals surface area contributed by atoms with Crippen molar-refractivity contribution in [2.24, 2.45) is 10.9 Å². The lowest BCUT2D eigenvalue weighted by Gasteiger charge is -2.22. The summed E-state index contributed by atoms with van der Waals surface area (Å²) in [7, 11) is 3.79. The Morgan fingerprint density at radius 1 is 1.26 bits per heavy atom. The molecule has 5 nitrogen and oxygen atoms in total. The van der Waals surface area contributed by atoms with Crippen LogP contribution in [0.15, 0.2) is 34.2 Å². The van der Waals surface area contributed by atoms with E-state index in [0.717, 1.165) is 25.3 Å². The van der Waals surface area contributed by atoms with Gasteiger partial charge in [0.25, 0.3) is 0 Å². The largest absolute Gasteiger partial charge is 0.354 e. The van der Waals surface area contributed by atoms with E-state index in [0.29, 0.717) is 13.1 Å². The fourth-order valence-electron chi connectivity index (χ4n) is 2.31. The molecular weight excluding hydrogens is 308 g/mol. The van der Waals surface area contributed by atoms with Crippen LogP contribution in [0.5, 0.6) is 0 Å². The summed E-state index contributed by atoms with van der Waals surface area (Å²) in [6, 6.07) is 8.56. The van der Waals surface area contributed by atoms with E-state index in [1.165, 1.54) is 10.5 Å². The van der Waals surface area contributed by atoms with Gasteiger partial charge in [0.1, 0.15) is 0 Å². The van der Waals surface area contributed by atoms with Gasteiger partial charge in [0, 0.05) is 44.5 Å². The van der Waals surface area contributed by atoms with Crippen molar-refractivity contribution in [1.29, 1.82) is 0 Å². The Labute approximate surface area is 142 Å². The van der Waals surface area contributed by atoms with Crippen LogP contribution < -0.4 is 10.6 Å². The van der Waals surface area contributed by atoms with E-state index in [2.05, 4.69) is 51.0 Å². The highest BCUT2D eigenvalue weighted by atomic mass is 32.2. The molecule has 23 heavy (non-hydrogen) atoms. The number of amides is 1. The molecule has 0 saturated heterocycles. The van der Waals surface area contributed by atoms with Gasteiger partial charge in [-0.3, -0.25) is 9.79 Å². The highest BCUT2D eigenvalue weighted by Crippen LogP contribution is 2.28. The predicted molar refractivity (Wildman–Crippen MR) is 96.8 cm³/mol. The summed E-state index contributed by atoms with van der Waals surface area (Å²) >= 11 is 1.75. The van der Waals surface area contributed by atoms with Gasteiger partial charge in [-0.2, -0.15) is 0 Å². The van der Waals surface area contributed by atoms with Crippen LogP contribution in [0.3, 0.4) is 0 Å². The first kappa shape index (κ1) is 17.7. The second-order valence-corrected chi connectivity index (χ2v) is 6.62. The van der Waals surface area contributed by atoms with Gasteiger partial charge < -0.3 is 15.5 Å². The van der Waals surface area contributed by atoms with Crippen molar-refractivity contribution in [3.05, 3.63) is 29.8 Å². The first-order chi connectivity index (χ1) is 11.1. The molecule has 1 saturated carbocycles. The third-order valence-electron chi connectivity index (χ3n) is 3.81. The van der Waals surface area contributed by atoms with Crippen molar-refractivity contribution < 1.29 is 4.79 Å². The summed E-state index contributed by atoms with van der Waals surface area (Å²) in [4.78, 5) is 19.2. The van der Waals surface area contributed by atoms with Gasteiger partial charge in [-0.15, -0.1) is 11.8 Å². The zero-order valence-electron chi connectivity index (χ0n) is 14.1. The van der Waals surface area contributed by atoms with Crippen LogP contribution in [0.4, 0.5) is 0 Å². The van der Waals surface area contributed by atoms with Crippen molar-refractivity contribution >= 4 is 23.6 Å². The molecule has 1 aliphatic carbocycles. The Morgan fingerprint density at radius 3 is 2.48 bits per heavy atom. The molecule has 2 N–H and O–H groups in total. The highest BCUT2D eigenvalue weighted by molar-refractivity contribution is 7.98. The van der Waals surface area contributed by atoms with Gasteiger partial charge in [-0.05, 0) is 36.8 Å². The molecular formula is C17H26N4OS. The Kier molecular flexibility index (Phi) is 6.77. The number of benzene rings is 1. The van der Waals surface area contributed by atoms with Gasteiger partial charge in [-0.1, -0.05) is 12.1 Å². The normalized spacial score (nSPS) is 14.5. The zero-order valence-corrected chi connectivity index (χ0v) is 14.9. The molecule has 6 heteroatoms. The Balaban J connectivity index is 1.73. The average Bonchev–Trinajstić information content (AvgIpc) is 3.40. The van der Waals surface area contributed by atoms with Gasteiger partial charge in [0.05, 0.1) is 0 Å². The van der Waals surface area contributed by atoms with E-state index in [4.69, 9.17) is 0 Å². The highest BCUT2D eigenvalue weighted by Gasteiger charge is 2.28. The minimum Gasteiger partial charge on any atom is -0.354 e. The smallest absolute Gasteiger partial charge is 0.223 e. The number of aliphatic imine (C=N–C) groups is 1. The third kappa shape index (κ3) is 5.78. The average molecular weight is 334 g/mol. The fourth-order valence-corrected chi connectivity index (χ4v) is 2.72. The molecule has 1 aromatic carbocycles. The maximum Gasteiger partial charge on any atom is 0.223 e. The maximum atomic E-state index is 11.6. The van der Waals surface area contributed by atoms with Gasteiger partial charge in [0.15, 0.2) is 5.96 Å². The van der Waals surface area contributed by atoms with Crippen LogP contribution in [0.2, 0.25) is 0 Å². The molecule has 1 aliphatic rings. The minimum atomic E-state index is 0.184. The molecule has 1 aromatic rings. The molecule has 0 atom stereocenters. The summed E-state index contributed by atoms with van der Waals surface area (Å²) in [5.41, 5.74) is 1.25. The van der Waals surface area contributed by atoms with Crippen LogP contribution in [0.1, 0.15) is 18.4 Å². The first-order valence-electron chi connectivity index (χ1n) is 7.96. The van der Waals surface area contributed by atoms with Crippen LogP contribution in [0, 0.1) is 5.92 Å². The molecule has 126 valence electrons. The first-order valence-corrected chi connectivity index (χ1v) is 9.19. The van der Waals surface area contributed by atoms with E-state index in [1.54, 1.807) is 18.8 Å². The molecule has 2 rings (SSSR count). The molecule has 0 aliphatic heterocycles. The van der Waals surface area contributed by atoms with Gasteiger partial charge in [-0.25, -0.2) is 0 Å². The maximum absolute atomic E-state index is 11.6. The molecule has 0 unspecified atom stereocenters. The topological polar surface area (TPSA) is 56.7 Å². The Bertz CT molecular complexity index is 540. The van der Waals surface area contributed by atoms with Gasteiger partial charge >= 0.3 is 0 Å². The molecule has 0 spiro atoms. The summed E-state index contributed by atoms with van der Waals surface area (Å²) in [6.07, 6.45) is 4.16. The van der Waals surface area contributed by atoms with E-state index >= 15 is 0 Å². The van der Waals surface area contributed by atoms with Crippen LogP contribution in [-0.2, 0) is 11.3 Å². The minimum absolute atomic E-state index is 0.184. The lowest BCUT2D eigenvalue weighted by molar-refractivity contribution is -0.122. The SMILES string of the molecule is CN=C(NCCNC(=O)C1CC1)N(C)Cc1ccc(SC)cc1. The number of hydrogen-bond acceptors (Lipinski definition) is 3. The standard InChI is InChI=1S/C17H26N4OS/c1-18-17(20-11-10-19-16(22)14-6-7-14)21(2)12-13-4-8-15(23-3)9-5-13/h4-5,8-9,14H,6-7,10-12H2,1-3H3,(H,18,20)(H,19,22). The second-order valence-electron chi connectivity index (χ2n) is 5.74. The third-order valence-corrected chi connectivity index (χ3v) is 4.55. The number of carbonyl (C=O) groups is 1. The van der Waals surface area contributed by atoms with E-state index < -0.39 is 0 Å². The number of guanidine groups is 1. The lowest BCUT2D eigenvalue weighted by Crippen LogP contribution is -2.42. The zero-order chi connectivity index (χ0) is 16.7. The number of hydrogen-bond donors (Lipinski definition) is 2. The lowest BCUT2D eigenvalue weighted by atomic mass is 10.2. The number of nitrogens with one attached hydrogen (secondary N) is 2. The van der Waals surface area contributed by atoms with Crippen molar-refractivity contribution in [1.82, 2.24) is 15.5 Å². The molecule has 0 bridgehead atoms. The summed E-state index contributed by atoms with van der Waals surface area (Å²) in [5.74, 6) is 1.28. The van der Waals surface area contributed by atoms with Crippen LogP contribution in [0.25, 0.3) is 0 Å². The molecule has 0 aromatic heterocycles. The summed E-state index contributed by atoms with van der Waals surface area (Å²) in [6.45, 7) is 2.11. The van der Waals surface area contributed by atoms with Crippen molar-refractivity contribution in [3.63, 3.8) is 0 Å². The summed E-state index contributed by atoms with van der Waals surface area (Å²) < 4.78 is 0. The number of rotatable bonds is 7. The Morgan fingerprint density at radius 2 is 1.91 bits per heavy atom. The predicted octanol–water partition coefficient (Wildman–Crippen LogP) is 1.94. The van der Waals surface area contributed by atoms with Crippen LogP contribution in [-0.4, -0.2) is 50.2 Å². The summed E-state index contributed by atoms with van der Waals surface area (Å²) in [5, 5.41) is 6.23. The van der Waals surface area contributed by atoms with Crippen LogP contribution >= 0.6 is 11.8 Å². The number of carbonyl (C=O) groups excluding carboxylic acids is 1. The van der Waals surface area contributed by atoms with Gasteiger partial charge in [0.2, 0.25) is 5.91 Å². The Hall–Kier alpha value is -1.69. The van der Waals surface area contributed by atoms with E-state index in [1.807, 2.05) is 7.05 Å². The monoisotopic (exact) mass is 334 g/mol. The quantitative estimate of drug-likeness (QED) is 0.346. The van der Waals surface area contributed by atoms with E-state index in [-0.39, 0.29) is 11.8 Å². The molecule has 0 radical (unpaired) electrons.